The van der Waals surface area contributed by atoms with Gasteiger partial charge in [0.2, 0.25) is 0 Å². The van der Waals surface area contributed by atoms with Crippen LogP contribution in [0.2, 0.25) is 10.0 Å². The van der Waals surface area contributed by atoms with Crippen LogP contribution in [0.4, 0.5) is 0 Å². The Hall–Kier alpha value is -1.71. The summed E-state index contributed by atoms with van der Waals surface area (Å²) in [6.45, 7) is 0.369. The second-order valence-corrected chi connectivity index (χ2v) is 4.95. The number of hydrogen-bond acceptors (Lipinski definition) is 2. The van der Waals surface area contributed by atoms with Crippen molar-refractivity contribution in [1.82, 2.24) is 5.32 Å². The molecular formula is C15H13Cl2NO2. The molecule has 2 aromatic rings. The smallest absolute Gasteiger partial charge is 0.255 e. The lowest BCUT2D eigenvalue weighted by atomic mass is 10.1. The minimum Gasteiger partial charge on any atom is -0.496 e. The largest absolute Gasteiger partial charge is 0.496 e. The normalized spacial score (nSPS) is 10.2. The van der Waals surface area contributed by atoms with Crippen LogP contribution in [0.1, 0.15) is 15.9 Å². The van der Waals surface area contributed by atoms with Crippen LogP contribution in [-0.2, 0) is 6.54 Å². The van der Waals surface area contributed by atoms with E-state index in [1.54, 1.807) is 30.3 Å². The zero-order valence-electron chi connectivity index (χ0n) is 10.8. The van der Waals surface area contributed by atoms with E-state index in [2.05, 4.69) is 5.32 Å². The van der Waals surface area contributed by atoms with Gasteiger partial charge < -0.3 is 10.1 Å². The first kappa shape index (κ1) is 14.7. The number of halogens is 2. The number of ether oxygens (including phenoxy) is 1. The Kier molecular flexibility index (Phi) is 4.88. The summed E-state index contributed by atoms with van der Waals surface area (Å²) in [7, 11) is 1.53. The summed E-state index contributed by atoms with van der Waals surface area (Å²) in [5.74, 6) is 0.340. The number of amides is 1. The maximum Gasteiger partial charge on any atom is 0.255 e. The number of methoxy groups -OCH3 is 1. The van der Waals surface area contributed by atoms with E-state index in [1.165, 1.54) is 7.11 Å². The van der Waals surface area contributed by atoms with Crippen molar-refractivity contribution in [2.24, 2.45) is 0 Å². The van der Waals surface area contributed by atoms with Crippen molar-refractivity contribution in [2.45, 2.75) is 6.54 Å². The Morgan fingerprint density at radius 2 is 1.90 bits per heavy atom. The van der Waals surface area contributed by atoms with Gasteiger partial charge in [-0.3, -0.25) is 4.79 Å². The molecular weight excluding hydrogens is 297 g/mol. The first-order chi connectivity index (χ1) is 9.61. The van der Waals surface area contributed by atoms with E-state index >= 15 is 0 Å². The third kappa shape index (κ3) is 3.44. The molecule has 5 heteroatoms. The highest BCUT2D eigenvalue weighted by atomic mass is 35.5. The van der Waals surface area contributed by atoms with Crippen LogP contribution in [-0.4, -0.2) is 13.0 Å². The summed E-state index contributed by atoms with van der Waals surface area (Å²) < 4.78 is 5.15. The van der Waals surface area contributed by atoms with E-state index in [0.29, 0.717) is 27.9 Å². The third-order valence-corrected chi connectivity index (χ3v) is 3.53. The predicted octanol–water partition coefficient (Wildman–Crippen LogP) is 3.93. The minimum atomic E-state index is -0.200. The number of carbonyl (C=O) groups is 1. The van der Waals surface area contributed by atoms with Crippen molar-refractivity contribution in [3.8, 4) is 5.75 Å². The van der Waals surface area contributed by atoms with Crippen LogP contribution in [0, 0.1) is 0 Å². The topological polar surface area (TPSA) is 38.3 Å². The summed E-state index contributed by atoms with van der Waals surface area (Å²) in [5.41, 5.74) is 1.37. The Bertz CT molecular complexity index is 629. The molecule has 20 heavy (non-hydrogen) atoms. The van der Waals surface area contributed by atoms with Crippen molar-refractivity contribution >= 4 is 29.1 Å². The van der Waals surface area contributed by atoms with Gasteiger partial charge in [0.25, 0.3) is 5.91 Å². The van der Waals surface area contributed by atoms with Crippen molar-refractivity contribution in [3.63, 3.8) is 0 Å². The number of nitrogens with one attached hydrogen (secondary N) is 1. The fourth-order valence-corrected chi connectivity index (χ4v) is 2.08. The monoisotopic (exact) mass is 309 g/mol. The van der Waals surface area contributed by atoms with Gasteiger partial charge in [0, 0.05) is 6.54 Å². The maximum atomic E-state index is 12.1. The van der Waals surface area contributed by atoms with Crippen LogP contribution in [0.5, 0.6) is 5.75 Å². The van der Waals surface area contributed by atoms with Gasteiger partial charge in [-0.15, -0.1) is 0 Å². The molecule has 0 unspecified atom stereocenters. The molecule has 0 aromatic heterocycles. The van der Waals surface area contributed by atoms with Crippen LogP contribution in [0.25, 0.3) is 0 Å². The van der Waals surface area contributed by atoms with Gasteiger partial charge in [-0.25, -0.2) is 0 Å². The molecule has 3 nitrogen and oxygen atoms in total. The first-order valence-electron chi connectivity index (χ1n) is 5.97. The first-order valence-corrected chi connectivity index (χ1v) is 6.72. The highest BCUT2D eigenvalue weighted by Crippen LogP contribution is 2.22. The van der Waals surface area contributed by atoms with Crippen molar-refractivity contribution in [1.29, 1.82) is 0 Å². The summed E-state index contributed by atoms with van der Waals surface area (Å²) in [6.07, 6.45) is 0. The standard InChI is InChI=1S/C15H13Cl2NO2/c1-20-14-5-3-2-4-11(14)15(19)18-9-10-6-7-12(16)13(17)8-10/h2-8H,9H2,1H3,(H,18,19). The molecule has 0 fully saturated rings. The van der Waals surface area contributed by atoms with E-state index in [4.69, 9.17) is 27.9 Å². The van der Waals surface area contributed by atoms with Crippen molar-refractivity contribution in [3.05, 3.63) is 63.6 Å². The average molecular weight is 310 g/mol. The third-order valence-electron chi connectivity index (χ3n) is 2.79. The van der Waals surface area contributed by atoms with E-state index < -0.39 is 0 Å². The summed E-state index contributed by atoms with van der Waals surface area (Å²) >= 11 is 11.8. The van der Waals surface area contributed by atoms with Crippen molar-refractivity contribution in [2.75, 3.05) is 7.11 Å². The molecule has 0 saturated heterocycles. The Morgan fingerprint density at radius 1 is 1.15 bits per heavy atom. The van der Waals surface area contributed by atoms with Gasteiger partial charge in [-0.1, -0.05) is 41.4 Å². The fourth-order valence-electron chi connectivity index (χ4n) is 1.76. The molecule has 0 aliphatic rings. The number of rotatable bonds is 4. The zero-order valence-corrected chi connectivity index (χ0v) is 12.3. The lowest BCUT2D eigenvalue weighted by Gasteiger charge is -2.09. The summed E-state index contributed by atoms with van der Waals surface area (Å²) in [5, 5.41) is 3.78. The molecule has 1 N–H and O–H groups in total. The fraction of sp³-hybridized carbons (Fsp3) is 0.133. The molecule has 0 saturated carbocycles. The molecule has 2 rings (SSSR count). The average Bonchev–Trinajstić information content (AvgIpc) is 2.48. The predicted molar refractivity (Wildman–Crippen MR) is 80.6 cm³/mol. The maximum absolute atomic E-state index is 12.1. The lowest BCUT2D eigenvalue weighted by molar-refractivity contribution is 0.0948. The van der Waals surface area contributed by atoms with Crippen LogP contribution in [0.15, 0.2) is 42.5 Å². The van der Waals surface area contributed by atoms with Gasteiger partial charge in [0.05, 0.1) is 22.7 Å². The molecule has 1 amide bonds. The molecule has 0 heterocycles. The van der Waals surface area contributed by atoms with E-state index in [0.717, 1.165) is 5.56 Å². The summed E-state index contributed by atoms with van der Waals surface area (Å²) in [4.78, 5) is 12.1. The number of benzene rings is 2. The van der Waals surface area contributed by atoms with E-state index in [9.17, 15) is 4.79 Å². The minimum absolute atomic E-state index is 0.200. The van der Waals surface area contributed by atoms with Crippen LogP contribution in [0.3, 0.4) is 0 Å². The van der Waals surface area contributed by atoms with Gasteiger partial charge in [0.15, 0.2) is 0 Å². The van der Waals surface area contributed by atoms with Crippen LogP contribution >= 0.6 is 23.2 Å². The number of carbonyl (C=O) groups excluding carboxylic acids is 1. The SMILES string of the molecule is COc1ccccc1C(=O)NCc1ccc(Cl)c(Cl)c1. The molecule has 0 atom stereocenters. The molecule has 0 aliphatic carbocycles. The Balaban J connectivity index is 2.06. The van der Waals surface area contributed by atoms with Crippen molar-refractivity contribution < 1.29 is 9.53 Å². The summed E-state index contributed by atoms with van der Waals surface area (Å²) in [6, 6.07) is 12.3. The molecule has 0 aliphatic heterocycles. The zero-order chi connectivity index (χ0) is 14.5. The van der Waals surface area contributed by atoms with Gasteiger partial charge in [-0.05, 0) is 29.8 Å². The van der Waals surface area contributed by atoms with E-state index in [1.807, 2.05) is 12.1 Å². The van der Waals surface area contributed by atoms with Gasteiger partial charge in [0.1, 0.15) is 5.75 Å². The van der Waals surface area contributed by atoms with Gasteiger partial charge >= 0.3 is 0 Å². The Morgan fingerprint density at radius 3 is 2.60 bits per heavy atom. The van der Waals surface area contributed by atoms with Gasteiger partial charge in [-0.2, -0.15) is 0 Å². The van der Waals surface area contributed by atoms with E-state index in [-0.39, 0.29) is 5.91 Å². The highest BCUT2D eigenvalue weighted by molar-refractivity contribution is 6.42. The van der Waals surface area contributed by atoms with Crippen LogP contribution < -0.4 is 10.1 Å². The second kappa shape index (κ2) is 6.64. The molecule has 2 aromatic carbocycles. The molecule has 104 valence electrons. The molecule has 0 bridgehead atoms. The second-order valence-electron chi connectivity index (χ2n) is 4.13. The lowest BCUT2D eigenvalue weighted by Crippen LogP contribution is -2.23. The molecule has 0 spiro atoms. The quantitative estimate of drug-likeness (QED) is 0.929. The number of para-hydroxylation sites is 1. The Labute approximate surface area is 127 Å². The number of hydrogen-bond donors (Lipinski definition) is 1. The highest BCUT2D eigenvalue weighted by Gasteiger charge is 2.11. The molecule has 0 radical (unpaired) electrons.